The molecule has 0 saturated heterocycles. The third kappa shape index (κ3) is 4.01. The van der Waals surface area contributed by atoms with Gasteiger partial charge in [0.2, 0.25) is 0 Å². The Morgan fingerprint density at radius 3 is 2.14 bits per heavy atom. The molecule has 3 aliphatic carbocycles. The van der Waals surface area contributed by atoms with Gasteiger partial charge in [-0.2, -0.15) is 0 Å². The minimum absolute atomic E-state index is 0.272. The quantitative estimate of drug-likeness (QED) is 0.732. The van der Waals surface area contributed by atoms with Crippen LogP contribution in [-0.4, -0.2) is 21.9 Å². The number of rotatable bonds is 2. The molecule has 1 spiro atoms. The van der Waals surface area contributed by atoms with Gasteiger partial charge in [-0.3, -0.25) is 0 Å². The normalized spacial score (nSPS) is 38.3. The Morgan fingerprint density at radius 1 is 0.762 bits per heavy atom. The molecule has 0 aromatic carbocycles. The van der Waals surface area contributed by atoms with Gasteiger partial charge < -0.3 is 10.2 Å². The molecule has 0 heterocycles. The molecule has 2 heteroatoms. The monoisotopic (exact) mass is 294 g/mol. The van der Waals surface area contributed by atoms with E-state index in [-0.39, 0.29) is 6.10 Å². The van der Waals surface area contributed by atoms with E-state index in [1.165, 1.54) is 57.8 Å². The minimum atomic E-state index is -0.572. The zero-order valence-electron chi connectivity index (χ0n) is 13.7. The van der Waals surface area contributed by atoms with E-state index in [0.717, 1.165) is 32.1 Å². The third-order valence-corrected chi connectivity index (χ3v) is 6.79. The Balaban J connectivity index is 1.52. The highest BCUT2D eigenvalue weighted by molar-refractivity contribution is 4.92. The smallest absolute Gasteiger partial charge is 0.0675 e. The van der Waals surface area contributed by atoms with E-state index in [4.69, 9.17) is 0 Å². The van der Waals surface area contributed by atoms with Crippen molar-refractivity contribution < 1.29 is 10.2 Å². The van der Waals surface area contributed by atoms with E-state index >= 15 is 0 Å². The van der Waals surface area contributed by atoms with Gasteiger partial charge in [-0.05, 0) is 69.1 Å². The molecule has 0 aromatic rings. The summed E-state index contributed by atoms with van der Waals surface area (Å²) in [5.41, 5.74) is 0.109. The van der Waals surface area contributed by atoms with Gasteiger partial charge in [-0.15, -0.1) is 0 Å². The average Bonchev–Trinajstić information content (AvgIpc) is 2.64. The maximum Gasteiger partial charge on any atom is 0.0675 e. The molecular formula is C19H34O2. The summed E-state index contributed by atoms with van der Waals surface area (Å²) in [6.07, 6.45) is 17.9. The van der Waals surface area contributed by atoms with Gasteiger partial charge in [0.15, 0.2) is 0 Å². The SMILES string of the molecule is OC1CCCCC(O)(CC2CCC3(CCCCC3)CC2)C1. The van der Waals surface area contributed by atoms with E-state index in [2.05, 4.69) is 0 Å². The predicted octanol–water partition coefficient (Wildman–Crippen LogP) is 4.57. The van der Waals surface area contributed by atoms with Crippen LogP contribution in [0.5, 0.6) is 0 Å². The van der Waals surface area contributed by atoms with Crippen molar-refractivity contribution in [2.24, 2.45) is 11.3 Å². The zero-order valence-corrected chi connectivity index (χ0v) is 13.7. The minimum Gasteiger partial charge on any atom is -0.393 e. The first-order chi connectivity index (χ1) is 10.1. The molecule has 3 saturated carbocycles. The molecule has 0 aliphatic heterocycles. The highest BCUT2D eigenvalue weighted by atomic mass is 16.3. The van der Waals surface area contributed by atoms with Crippen molar-refractivity contribution in [3.05, 3.63) is 0 Å². The van der Waals surface area contributed by atoms with Crippen molar-refractivity contribution >= 4 is 0 Å². The summed E-state index contributed by atoms with van der Waals surface area (Å²) >= 11 is 0. The van der Waals surface area contributed by atoms with E-state index < -0.39 is 5.60 Å². The van der Waals surface area contributed by atoms with Gasteiger partial charge >= 0.3 is 0 Å². The Hall–Kier alpha value is -0.0800. The summed E-state index contributed by atoms with van der Waals surface area (Å²) in [6.45, 7) is 0. The molecule has 3 aliphatic rings. The van der Waals surface area contributed by atoms with Crippen LogP contribution in [0.3, 0.4) is 0 Å². The molecule has 122 valence electrons. The lowest BCUT2D eigenvalue weighted by molar-refractivity contribution is -0.0380. The van der Waals surface area contributed by atoms with Crippen LogP contribution in [0.15, 0.2) is 0 Å². The molecule has 2 N–H and O–H groups in total. The largest absolute Gasteiger partial charge is 0.393 e. The van der Waals surface area contributed by atoms with Crippen LogP contribution in [0.25, 0.3) is 0 Å². The van der Waals surface area contributed by atoms with Crippen molar-refractivity contribution in [1.82, 2.24) is 0 Å². The first-order valence-corrected chi connectivity index (χ1v) is 9.50. The number of aliphatic hydroxyl groups excluding tert-OH is 1. The molecule has 0 bridgehead atoms. The van der Waals surface area contributed by atoms with Crippen LogP contribution < -0.4 is 0 Å². The van der Waals surface area contributed by atoms with Crippen LogP contribution in [-0.2, 0) is 0 Å². The molecule has 2 unspecified atom stereocenters. The van der Waals surface area contributed by atoms with Crippen molar-refractivity contribution in [2.45, 2.75) is 108 Å². The Bertz CT molecular complexity index is 324. The maximum absolute atomic E-state index is 10.9. The van der Waals surface area contributed by atoms with Crippen LogP contribution in [0.4, 0.5) is 0 Å². The average molecular weight is 294 g/mol. The third-order valence-electron chi connectivity index (χ3n) is 6.79. The Morgan fingerprint density at radius 2 is 1.43 bits per heavy atom. The summed E-state index contributed by atoms with van der Waals surface area (Å²) in [4.78, 5) is 0. The van der Waals surface area contributed by atoms with Gasteiger partial charge in [0.05, 0.1) is 11.7 Å². The summed E-state index contributed by atoms with van der Waals surface area (Å²) in [6, 6.07) is 0. The topological polar surface area (TPSA) is 40.5 Å². The second-order valence-electron chi connectivity index (χ2n) is 8.54. The lowest BCUT2D eigenvalue weighted by atomic mass is 9.62. The number of aliphatic hydroxyl groups is 2. The molecule has 2 atom stereocenters. The summed E-state index contributed by atoms with van der Waals surface area (Å²) in [7, 11) is 0. The summed E-state index contributed by atoms with van der Waals surface area (Å²) in [5.74, 6) is 0.702. The van der Waals surface area contributed by atoms with Crippen LogP contribution >= 0.6 is 0 Å². The molecule has 3 fully saturated rings. The molecule has 21 heavy (non-hydrogen) atoms. The molecule has 2 nitrogen and oxygen atoms in total. The fourth-order valence-corrected chi connectivity index (χ4v) is 5.50. The standard InChI is InChI=1S/C19H34O2/c20-17-6-2-5-11-19(21,15-17)14-16-7-12-18(13-8-16)9-3-1-4-10-18/h16-17,20-21H,1-15H2. The zero-order chi connectivity index (χ0) is 14.8. The molecule has 3 rings (SSSR count). The van der Waals surface area contributed by atoms with Crippen LogP contribution in [0.2, 0.25) is 0 Å². The first-order valence-electron chi connectivity index (χ1n) is 9.50. The van der Waals surface area contributed by atoms with E-state index in [1.807, 2.05) is 0 Å². The maximum atomic E-state index is 10.9. The molecule has 0 aromatic heterocycles. The highest BCUT2D eigenvalue weighted by Crippen LogP contribution is 2.50. The van der Waals surface area contributed by atoms with Crippen LogP contribution in [0.1, 0.15) is 96.3 Å². The van der Waals surface area contributed by atoms with Gasteiger partial charge in [0.1, 0.15) is 0 Å². The Kier molecular flexibility index (Phi) is 4.95. The fraction of sp³-hybridized carbons (Fsp3) is 1.00. The Labute approximate surface area is 130 Å². The summed E-state index contributed by atoms with van der Waals surface area (Å²) < 4.78 is 0. The summed E-state index contributed by atoms with van der Waals surface area (Å²) in [5, 5.41) is 20.9. The van der Waals surface area contributed by atoms with Crippen LogP contribution in [0, 0.1) is 11.3 Å². The van der Waals surface area contributed by atoms with E-state index in [9.17, 15) is 10.2 Å². The predicted molar refractivity (Wildman–Crippen MR) is 86.1 cm³/mol. The highest BCUT2D eigenvalue weighted by Gasteiger charge is 2.40. The lowest BCUT2D eigenvalue weighted by Crippen LogP contribution is -2.37. The van der Waals surface area contributed by atoms with E-state index in [0.29, 0.717) is 17.8 Å². The van der Waals surface area contributed by atoms with Crippen molar-refractivity contribution in [1.29, 1.82) is 0 Å². The van der Waals surface area contributed by atoms with Gasteiger partial charge in [0.25, 0.3) is 0 Å². The van der Waals surface area contributed by atoms with Gasteiger partial charge in [0, 0.05) is 6.42 Å². The first kappa shape index (κ1) is 15.8. The number of hydrogen-bond donors (Lipinski definition) is 2. The van der Waals surface area contributed by atoms with Crippen molar-refractivity contribution in [3.63, 3.8) is 0 Å². The molecular weight excluding hydrogens is 260 g/mol. The molecule has 0 amide bonds. The lowest BCUT2D eigenvalue weighted by Gasteiger charge is -2.44. The second-order valence-corrected chi connectivity index (χ2v) is 8.54. The fourth-order valence-electron chi connectivity index (χ4n) is 5.50. The van der Waals surface area contributed by atoms with Crippen molar-refractivity contribution in [3.8, 4) is 0 Å². The van der Waals surface area contributed by atoms with Gasteiger partial charge in [-0.25, -0.2) is 0 Å². The van der Waals surface area contributed by atoms with E-state index in [1.54, 1.807) is 0 Å². The van der Waals surface area contributed by atoms with Gasteiger partial charge in [-0.1, -0.05) is 32.1 Å². The number of hydrogen-bond acceptors (Lipinski definition) is 2. The molecule has 0 radical (unpaired) electrons. The van der Waals surface area contributed by atoms with Crippen molar-refractivity contribution in [2.75, 3.05) is 0 Å². The second kappa shape index (κ2) is 6.58.